The molecule has 0 aromatic heterocycles. The predicted molar refractivity (Wildman–Crippen MR) is 298 cm³/mol. The number of allylic oxidation sites excluding steroid dienone is 4. The first-order chi connectivity index (χ1) is 34.0. The van der Waals surface area contributed by atoms with Gasteiger partial charge in [-0.05, 0) is 70.6 Å². The molecule has 0 bridgehead atoms. The van der Waals surface area contributed by atoms with Crippen LogP contribution >= 0.6 is 0 Å². The molecule has 0 aliphatic rings. The lowest BCUT2D eigenvalue weighted by Crippen LogP contribution is -2.30. The first-order valence-corrected chi connectivity index (χ1v) is 30.8. The molecule has 0 aliphatic heterocycles. The standard InChI is InChI=1S/C63H118O6/c1-4-7-10-13-16-19-22-25-27-29-30-31-32-34-35-38-41-44-47-50-53-56-62(65)68-59-60(58-67-61(64)55-52-49-46-43-40-37-24-21-18-15-12-9-6-3)69-63(66)57-54-51-48-45-42-39-36-33-28-26-23-20-17-14-11-8-5-2/h21,24,26,28,60H,4-20,22-23,25,27,29-59H2,1-3H3/b24-21-,28-26-/t60-/m1/s1. The number of hydrogen-bond donors (Lipinski definition) is 0. The Labute approximate surface area is 430 Å². The van der Waals surface area contributed by atoms with Crippen LogP contribution in [0.3, 0.4) is 0 Å². The number of carbonyl (C=O) groups is 3. The Bertz CT molecular complexity index is 1110. The van der Waals surface area contributed by atoms with Gasteiger partial charge in [0.25, 0.3) is 0 Å². The maximum absolute atomic E-state index is 12.9. The van der Waals surface area contributed by atoms with E-state index in [0.29, 0.717) is 19.3 Å². The van der Waals surface area contributed by atoms with Gasteiger partial charge in [0.2, 0.25) is 0 Å². The van der Waals surface area contributed by atoms with Crippen LogP contribution in [0, 0.1) is 0 Å². The van der Waals surface area contributed by atoms with Crippen LogP contribution in [0.4, 0.5) is 0 Å². The third-order valence-electron chi connectivity index (χ3n) is 13.9. The smallest absolute Gasteiger partial charge is 0.306 e. The average Bonchev–Trinajstić information content (AvgIpc) is 3.35. The van der Waals surface area contributed by atoms with Crippen molar-refractivity contribution in [2.24, 2.45) is 0 Å². The summed E-state index contributed by atoms with van der Waals surface area (Å²) in [7, 11) is 0. The molecule has 0 fully saturated rings. The monoisotopic (exact) mass is 971 g/mol. The number of ether oxygens (including phenoxy) is 3. The van der Waals surface area contributed by atoms with E-state index < -0.39 is 6.10 Å². The molecular weight excluding hydrogens is 853 g/mol. The van der Waals surface area contributed by atoms with Crippen LogP contribution in [-0.2, 0) is 28.6 Å². The second-order valence-corrected chi connectivity index (χ2v) is 21.0. The minimum atomic E-state index is -0.773. The molecule has 6 heteroatoms. The van der Waals surface area contributed by atoms with Crippen LogP contribution in [0.2, 0.25) is 0 Å². The molecule has 0 N–H and O–H groups in total. The van der Waals surface area contributed by atoms with Crippen molar-refractivity contribution < 1.29 is 28.6 Å². The van der Waals surface area contributed by atoms with Crippen molar-refractivity contribution >= 4 is 17.9 Å². The van der Waals surface area contributed by atoms with Gasteiger partial charge in [-0.2, -0.15) is 0 Å². The summed E-state index contributed by atoms with van der Waals surface area (Å²) in [5, 5.41) is 0. The quantitative estimate of drug-likeness (QED) is 0.0261. The topological polar surface area (TPSA) is 78.9 Å². The summed E-state index contributed by atoms with van der Waals surface area (Å²) in [6.07, 6.45) is 68.9. The minimum Gasteiger partial charge on any atom is -0.462 e. The van der Waals surface area contributed by atoms with Gasteiger partial charge in [0.1, 0.15) is 13.2 Å². The zero-order chi connectivity index (χ0) is 50.0. The fourth-order valence-corrected chi connectivity index (χ4v) is 9.26. The zero-order valence-electron chi connectivity index (χ0n) is 46.6. The number of rotatable bonds is 57. The highest BCUT2D eigenvalue weighted by molar-refractivity contribution is 5.71. The molecule has 1 atom stereocenters. The summed E-state index contributed by atoms with van der Waals surface area (Å²) in [6, 6.07) is 0. The molecule has 0 saturated heterocycles. The van der Waals surface area contributed by atoms with Crippen molar-refractivity contribution in [2.75, 3.05) is 13.2 Å². The highest BCUT2D eigenvalue weighted by atomic mass is 16.6. The van der Waals surface area contributed by atoms with E-state index in [0.717, 1.165) is 64.2 Å². The summed E-state index contributed by atoms with van der Waals surface area (Å²) >= 11 is 0. The SMILES string of the molecule is CCCCCC/C=C\CCCCCCCC(=O)OC[C@H](COC(=O)CCCCCCCCCCCCCCCCCCCCCCC)OC(=O)CCCCCCCCC/C=C\CCCCCCCC. The molecule has 0 heterocycles. The second-order valence-electron chi connectivity index (χ2n) is 21.0. The van der Waals surface area contributed by atoms with E-state index in [1.807, 2.05) is 0 Å². The van der Waals surface area contributed by atoms with Gasteiger partial charge in [-0.1, -0.05) is 276 Å². The first-order valence-electron chi connectivity index (χ1n) is 30.8. The van der Waals surface area contributed by atoms with Crippen LogP contribution in [0.15, 0.2) is 24.3 Å². The third-order valence-corrected chi connectivity index (χ3v) is 13.9. The van der Waals surface area contributed by atoms with Gasteiger partial charge in [0, 0.05) is 19.3 Å². The van der Waals surface area contributed by atoms with E-state index in [4.69, 9.17) is 14.2 Å². The van der Waals surface area contributed by atoms with Crippen molar-refractivity contribution in [2.45, 2.75) is 348 Å². The first kappa shape index (κ1) is 66.9. The highest BCUT2D eigenvalue weighted by Crippen LogP contribution is 2.17. The fourth-order valence-electron chi connectivity index (χ4n) is 9.26. The molecule has 0 rings (SSSR count). The molecule has 0 aromatic rings. The highest BCUT2D eigenvalue weighted by Gasteiger charge is 2.19. The number of hydrogen-bond acceptors (Lipinski definition) is 6. The van der Waals surface area contributed by atoms with Crippen molar-refractivity contribution in [1.29, 1.82) is 0 Å². The van der Waals surface area contributed by atoms with Crippen molar-refractivity contribution in [3.05, 3.63) is 24.3 Å². The van der Waals surface area contributed by atoms with Crippen LogP contribution in [-0.4, -0.2) is 37.2 Å². The van der Waals surface area contributed by atoms with Crippen molar-refractivity contribution in [3.63, 3.8) is 0 Å². The third kappa shape index (κ3) is 56.7. The molecule has 0 aromatic carbocycles. The molecule has 0 amide bonds. The molecule has 0 aliphatic carbocycles. The van der Waals surface area contributed by atoms with E-state index >= 15 is 0 Å². The minimum absolute atomic E-state index is 0.0709. The molecule has 0 unspecified atom stereocenters. The molecule has 406 valence electrons. The average molecular weight is 972 g/mol. The summed E-state index contributed by atoms with van der Waals surface area (Å²) in [6.45, 7) is 6.67. The Balaban J connectivity index is 4.28. The summed E-state index contributed by atoms with van der Waals surface area (Å²) in [5.41, 5.74) is 0. The number of esters is 3. The zero-order valence-corrected chi connectivity index (χ0v) is 46.6. The van der Waals surface area contributed by atoms with Crippen LogP contribution in [0.1, 0.15) is 342 Å². The van der Waals surface area contributed by atoms with Crippen molar-refractivity contribution in [3.8, 4) is 0 Å². The normalized spacial score (nSPS) is 12.1. The molecule has 0 spiro atoms. The van der Waals surface area contributed by atoms with Gasteiger partial charge in [-0.3, -0.25) is 14.4 Å². The predicted octanol–water partition coefficient (Wildman–Crippen LogP) is 20.7. The Morgan fingerprint density at radius 3 is 0.739 bits per heavy atom. The van der Waals surface area contributed by atoms with Crippen molar-refractivity contribution in [1.82, 2.24) is 0 Å². The lowest BCUT2D eigenvalue weighted by atomic mass is 10.0. The van der Waals surface area contributed by atoms with Crippen LogP contribution in [0.5, 0.6) is 0 Å². The molecule has 0 radical (unpaired) electrons. The number of carbonyl (C=O) groups excluding carboxylic acids is 3. The fraction of sp³-hybridized carbons (Fsp3) is 0.889. The van der Waals surface area contributed by atoms with Gasteiger partial charge in [0.05, 0.1) is 0 Å². The maximum atomic E-state index is 12.9. The Hall–Kier alpha value is -2.11. The Kier molecular flexibility index (Phi) is 56.7. The van der Waals surface area contributed by atoms with Gasteiger partial charge >= 0.3 is 17.9 Å². The summed E-state index contributed by atoms with van der Waals surface area (Å²) in [5.74, 6) is -0.862. The van der Waals surface area contributed by atoms with E-state index in [9.17, 15) is 14.4 Å². The molecule has 69 heavy (non-hydrogen) atoms. The van der Waals surface area contributed by atoms with Gasteiger partial charge in [-0.25, -0.2) is 0 Å². The largest absolute Gasteiger partial charge is 0.462 e. The van der Waals surface area contributed by atoms with Gasteiger partial charge < -0.3 is 14.2 Å². The van der Waals surface area contributed by atoms with E-state index in [1.165, 1.54) is 238 Å². The van der Waals surface area contributed by atoms with Gasteiger partial charge in [-0.15, -0.1) is 0 Å². The maximum Gasteiger partial charge on any atom is 0.306 e. The Morgan fingerprint density at radius 1 is 0.275 bits per heavy atom. The molecular formula is C63H118O6. The lowest BCUT2D eigenvalue weighted by Gasteiger charge is -2.18. The van der Waals surface area contributed by atoms with E-state index in [-0.39, 0.29) is 31.1 Å². The molecule has 6 nitrogen and oxygen atoms in total. The summed E-state index contributed by atoms with van der Waals surface area (Å²) in [4.78, 5) is 38.2. The second kappa shape index (κ2) is 58.5. The number of unbranched alkanes of at least 4 members (excludes halogenated alkanes) is 42. The Morgan fingerprint density at radius 2 is 0.478 bits per heavy atom. The van der Waals surface area contributed by atoms with E-state index in [2.05, 4.69) is 45.1 Å². The van der Waals surface area contributed by atoms with Crippen LogP contribution in [0.25, 0.3) is 0 Å². The van der Waals surface area contributed by atoms with Crippen LogP contribution < -0.4 is 0 Å². The van der Waals surface area contributed by atoms with E-state index in [1.54, 1.807) is 0 Å². The lowest BCUT2D eigenvalue weighted by molar-refractivity contribution is -0.167. The van der Waals surface area contributed by atoms with Gasteiger partial charge in [0.15, 0.2) is 6.10 Å². The molecule has 0 saturated carbocycles. The summed E-state index contributed by atoms with van der Waals surface area (Å²) < 4.78 is 16.9.